The second-order valence-corrected chi connectivity index (χ2v) is 25.8. The van der Waals surface area contributed by atoms with Crippen molar-refractivity contribution in [2.75, 3.05) is 95.7 Å². The Kier molecular flexibility index (Phi) is 17.3. The third-order valence-electron chi connectivity index (χ3n) is 17.3. The predicted octanol–water partition coefficient (Wildman–Crippen LogP) is 7.91. The van der Waals surface area contributed by atoms with Crippen molar-refractivity contribution >= 4 is 47.5 Å². The Morgan fingerprint density at radius 2 is 0.811 bits per heavy atom. The fourth-order valence-corrected chi connectivity index (χ4v) is 14.0. The van der Waals surface area contributed by atoms with E-state index >= 15 is 0 Å². The van der Waals surface area contributed by atoms with Gasteiger partial charge in [0, 0.05) is 101 Å². The van der Waals surface area contributed by atoms with Crippen molar-refractivity contribution in [3.63, 3.8) is 0 Å². The van der Waals surface area contributed by atoms with Gasteiger partial charge >= 0.3 is 0 Å². The van der Waals surface area contributed by atoms with E-state index in [0.717, 1.165) is 127 Å². The van der Waals surface area contributed by atoms with Gasteiger partial charge in [-0.05, 0) is 120 Å². The van der Waals surface area contributed by atoms with Crippen LogP contribution in [-0.4, -0.2) is 163 Å². The normalized spacial score (nSPS) is 24.3. The van der Waals surface area contributed by atoms with Crippen LogP contribution in [0, 0.1) is 0 Å². The van der Waals surface area contributed by atoms with E-state index in [2.05, 4.69) is 78.4 Å². The summed E-state index contributed by atoms with van der Waals surface area (Å²) < 4.78 is 0. The quantitative estimate of drug-likeness (QED) is 0.113. The minimum atomic E-state index is -0.600. The van der Waals surface area contributed by atoms with Gasteiger partial charge in [-0.15, -0.1) is 0 Å². The summed E-state index contributed by atoms with van der Waals surface area (Å²) in [5, 5.41) is 14.7. The second-order valence-electron chi connectivity index (χ2n) is 25.8. The van der Waals surface area contributed by atoms with Gasteiger partial charge in [-0.2, -0.15) is 29.9 Å². The Hall–Kier alpha value is -4.32. The van der Waals surface area contributed by atoms with Crippen molar-refractivity contribution in [3.8, 4) is 0 Å². The first-order valence-corrected chi connectivity index (χ1v) is 29.7. The largest absolute Gasteiger partial charge is 0.351 e. The Balaban J connectivity index is 0.958. The summed E-state index contributed by atoms with van der Waals surface area (Å²) >= 11 is 0. The van der Waals surface area contributed by atoms with Gasteiger partial charge in [0.25, 0.3) is 0 Å². The van der Waals surface area contributed by atoms with Crippen LogP contribution in [0.2, 0.25) is 0 Å². The first-order chi connectivity index (χ1) is 35.4. The fourth-order valence-electron chi connectivity index (χ4n) is 14.0. The molecule has 4 N–H and O–H groups in total. The summed E-state index contributed by atoms with van der Waals surface area (Å²) in [7, 11) is 0. The predicted molar refractivity (Wildman–Crippen MR) is 298 cm³/mol. The molecule has 2 amide bonds. The molecule has 5 heterocycles. The number of carbonyl (C=O) groups is 2. The average molecular weight is 1030 g/mol. The molecule has 412 valence electrons. The van der Waals surface area contributed by atoms with Crippen LogP contribution in [0.5, 0.6) is 0 Å². The molecule has 3 aliphatic heterocycles. The minimum absolute atomic E-state index is 0.160. The first-order valence-electron chi connectivity index (χ1n) is 29.7. The molecule has 7 fully saturated rings. The highest BCUT2D eigenvalue weighted by atomic mass is 16.2. The molecule has 2 aromatic heterocycles. The van der Waals surface area contributed by atoms with Crippen molar-refractivity contribution in [3.05, 3.63) is 0 Å². The van der Waals surface area contributed by atoms with E-state index in [4.69, 9.17) is 29.9 Å². The Morgan fingerprint density at radius 1 is 0.473 bits per heavy atom. The monoisotopic (exact) mass is 1020 g/mol. The summed E-state index contributed by atoms with van der Waals surface area (Å²) in [5.41, 5.74) is -1.52. The van der Waals surface area contributed by atoms with Gasteiger partial charge in [0.05, 0.1) is 11.1 Å². The lowest BCUT2D eigenvalue weighted by Gasteiger charge is -2.47. The molecule has 4 aliphatic carbocycles. The van der Waals surface area contributed by atoms with Gasteiger partial charge in [0.2, 0.25) is 47.5 Å². The lowest BCUT2D eigenvalue weighted by Crippen LogP contribution is -2.69. The highest BCUT2D eigenvalue weighted by Crippen LogP contribution is 2.33. The topological polar surface area (TPSA) is 179 Å². The number of hydrogen-bond acceptors (Lipinski definition) is 16. The molecular weight excluding hydrogens is 929 g/mol. The summed E-state index contributed by atoms with van der Waals surface area (Å²) in [6, 6.07) is 1.39. The van der Waals surface area contributed by atoms with E-state index in [0.29, 0.717) is 62.2 Å². The maximum atomic E-state index is 13.7. The van der Waals surface area contributed by atoms with E-state index in [1.807, 2.05) is 27.7 Å². The van der Waals surface area contributed by atoms with Gasteiger partial charge in [-0.1, -0.05) is 77.0 Å². The third-order valence-corrected chi connectivity index (χ3v) is 17.3. The number of piperazine rings is 3. The molecule has 0 bridgehead atoms. The molecular formula is C56H96N16O2. The zero-order valence-electron chi connectivity index (χ0n) is 47.1. The Morgan fingerprint density at radius 3 is 1.16 bits per heavy atom. The average Bonchev–Trinajstić information content (AvgIpc) is 3.37. The van der Waals surface area contributed by atoms with Crippen molar-refractivity contribution in [1.29, 1.82) is 0 Å². The maximum absolute atomic E-state index is 13.7. The fraction of sp³-hybridized carbons (Fsp3) is 0.857. The number of hydrogen-bond donors (Lipinski definition) is 4. The number of nitrogens with zero attached hydrogens (tertiary/aromatic N) is 12. The van der Waals surface area contributed by atoms with E-state index < -0.39 is 11.1 Å². The molecule has 0 aromatic carbocycles. The van der Waals surface area contributed by atoms with Gasteiger partial charge < -0.3 is 40.0 Å². The number of aromatic nitrogens is 6. The highest BCUT2D eigenvalue weighted by molar-refractivity contribution is 5.87. The zero-order valence-corrected chi connectivity index (χ0v) is 47.1. The molecule has 18 nitrogen and oxygen atoms in total. The van der Waals surface area contributed by atoms with Crippen molar-refractivity contribution in [2.24, 2.45) is 0 Å². The highest BCUT2D eigenvalue weighted by Gasteiger charge is 2.44. The van der Waals surface area contributed by atoms with Gasteiger partial charge in [0.15, 0.2) is 0 Å². The van der Waals surface area contributed by atoms with Crippen LogP contribution in [0.3, 0.4) is 0 Å². The molecule has 7 aliphatic rings. The molecule has 74 heavy (non-hydrogen) atoms. The molecule has 0 radical (unpaired) electrons. The Labute approximate surface area is 444 Å². The van der Waals surface area contributed by atoms with Crippen molar-refractivity contribution in [1.82, 2.24) is 50.3 Å². The van der Waals surface area contributed by atoms with Gasteiger partial charge in [-0.25, -0.2) is 0 Å². The molecule has 9 rings (SSSR count). The summed E-state index contributed by atoms with van der Waals surface area (Å²) in [5.74, 6) is 4.66. The van der Waals surface area contributed by atoms with Gasteiger partial charge in [0.1, 0.15) is 0 Å². The van der Waals surface area contributed by atoms with Crippen LogP contribution < -0.4 is 40.9 Å². The maximum Gasteiger partial charge on any atom is 0.242 e. The molecule has 0 atom stereocenters. The summed E-state index contributed by atoms with van der Waals surface area (Å²) in [4.78, 5) is 72.9. The summed E-state index contributed by atoms with van der Waals surface area (Å²) in [6.07, 6.45) is 25.5. The molecule has 2 aromatic rings. The lowest BCUT2D eigenvalue weighted by atomic mass is 9.90. The molecule has 18 heteroatoms. The number of rotatable bonds is 18. The van der Waals surface area contributed by atoms with E-state index in [-0.39, 0.29) is 22.9 Å². The van der Waals surface area contributed by atoms with Crippen LogP contribution >= 0.6 is 0 Å². The first kappa shape index (κ1) is 54.5. The molecule has 4 saturated carbocycles. The van der Waals surface area contributed by atoms with Crippen molar-refractivity contribution < 1.29 is 9.59 Å². The lowest BCUT2D eigenvalue weighted by molar-refractivity contribution is -0.144. The van der Waals surface area contributed by atoms with Crippen LogP contribution in [0.4, 0.5) is 35.7 Å². The Bertz CT molecular complexity index is 2020. The van der Waals surface area contributed by atoms with Crippen LogP contribution in [-0.2, 0) is 9.59 Å². The molecule has 3 saturated heterocycles. The van der Waals surface area contributed by atoms with Crippen LogP contribution in [0.15, 0.2) is 0 Å². The van der Waals surface area contributed by atoms with Crippen molar-refractivity contribution in [2.45, 2.75) is 243 Å². The zero-order chi connectivity index (χ0) is 52.1. The van der Waals surface area contributed by atoms with Crippen LogP contribution in [0.25, 0.3) is 0 Å². The third kappa shape index (κ3) is 13.8. The smallest absolute Gasteiger partial charge is 0.242 e. The number of carbonyl (C=O) groups excluding carboxylic acids is 2. The van der Waals surface area contributed by atoms with E-state index in [9.17, 15) is 9.59 Å². The summed E-state index contributed by atoms with van der Waals surface area (Å²) in [6.45, 7) is 24.0. The van der Waals surface area contributed by atoms with Gasteiger partial charge in [-0.3, -0.25) is 20.2 Å². The van der Waals surface area contributed by atoms with Crippen LogP contribution in [0.1, 0.15) is 197 Å². The number of anilines is 6. The number of nitrogens with one attached hydrogen (secondary N) is 4. The standard InChI is InChI=1S/C56H96N16O2/c1-53(2)39-69(45(73)55(5,6)65-53)31-21-33-71(43-27-17-11-18-28-43)51-61-47(57-41-23-13-9-14-24-41)59-49(63-51)67-35-37-68(38-36-67)50-60-48(58-42-25-15-10-16-26-42)62-52(64-50)72(44-29-19-12-20-30-44)34-22-32-70-40-54(3,4)66-56(7,8)46(70)74/h41-44,65-66H,9-40H2,1-8H3,(H,57,59,61,63)(H,58,60,62,64). The van der Waals surface area contributed by atoms with E-state index in [1.54, 1.807) is 0 Å². The second kappa shape index (κ2) is 23.5. The molecule has 0 spiro atoms. The van der Waals surface area contributed by atoms with E-state index in [1.165, 1.54) is 77.0 Å². The molecule has 0 unspecified atom stereocenters. The SMILES string of the molecule is CC1(C)CN(CCCN(c2nc(NC3CCCCC3)nc(N3CCN(c4nc(NC5CCCCC5)nc(N(CCCN5CC(C)(C)NC(C)(C)C5=O)C5CCCCC5)n4)CC3)n2)C2CCCCC2)C(=O)C(C)(C)N1. The minimum Gasteiger partial charge on any atom is -0.351 e. The number of amides is 2.